The number of hydroxylamine groups is 1. The van der Waals surface area contributed by atoms with Gasteiger partial charge in [-0.05, 0) is 37.8 Å². The number of rotatable bonds is 7. The molecule has 0 aliphatic rings. The van der Waals surface area contributed by atoms with E-state index in [9.17, 15) is 0 Å². The van der Waals surface area contributed by atoms with E-state index in [2.05, 4.69) is 40.8 Å². The van der Waals surface area contributed by atoms with E-state index in [4.69, 9.17) is 9.82 Å². The minimum absolute atomic E-state index is 0.325. The monoisotopic (exact) mass is 327 g/mol. The summed E-state index contributed by atoms with van der Waals surface area (Å²) in [6.07, 6.45) is 5.80. The van der Waals surface area contributed by atoms with Crippen LogP contribution in [0.5, 0.6) is 0 Å². The molecule has 0 saturated carbocycles. The summed E-state index contributed by atoms with van der Waals surface area (Å²) in [6, 6.07) is 4.28. The fraction of sp³-hybridized carbons (Fsp3) is 0.500. The van der Waals surface area contributed by atoms with Crippen LogP contribution in [-0.4, -0.2) is 32.7 Å². The molecule has 0 aromatic carbocycles. The van der Waals surface area contributed by atoms with E-state index in [1.807, 2.05) is 24.7 Å². The maximum atomic E-state index is 4.97. The molecule has 1 N–H and O–H groups in total. The lowest BCUT2D eigenvalue weighted by Crippen LogP contribution is -2.24. The molecule has 0 saturated heterocycles. The average Bonchev–Trinajstić information content (AvgIpc) is 2.98. The lowest BCUT2D eigenvalue weighted by molar-refractivity contribution is 0.0626. The van der Waals surface area contributed by atoms with Gasteiger partial charge in [-0.3, -0.25) is 4.98 Å². The van der Waals surface area contributed by atoms with Gasteiger partial charge in [0.15, 0.2) is 0 Å². The van der Waals surface area contributed by atoms with Gasteiger partial charge in [0.2, 0.25) is 0 Å². The van der Waals surface area contributed by atoms with Crippen LogP contribution in [0.2, 0.25) is 0 Å². The minimum Gasteiger partial charge on any atom is -0.329 e. The highest BCUT2D eigenvalue weighted by Gasteiger charge is 2.16. The van der Waals surface area contributed by atoms with Gasteiger partial charge in [0.1, 0.15) is 11.0 Å². The zero-order valence-corrected chi connectivity index (χ0v) is 14.8. The summed E-state index contributed by atoms with van der Waals surface area (Å²) in [5.74, 6) is 0.325. The Labute approximate surface area is 142 Å². The number of nitrogens with zero attached hydrogens (tertiary/aromatic N) is 4. The van der Waals surface area contributed by atoms with Gasteiger partial charge < -0.3 is 9.40 Å². The Morgan fingerprint density at radius 2 is 2.04 bits per heavy atom. The third-order valence-corrected chi connectivity index (χ3v) is 4.23. The topological polar surface area (TPSA) is 64.9 Å². The first kappa shape index (κ1) is 16.8. The summed E-state index contributed by atoms with van der Waals surface area (Å²) < 4.78 is 2.21. The Morgan fingerprint density at radius 3 is 2.79 bits per heavy atom. The highest BCUT2D eigenvalue weighted by molar-refractivity contribution is 6.00. The normalized spacial score (nSPS) is 13.2. The molecule has 1 unspecified atom stereocenters. The molecular weight excluding hydrogens is 302 g/mol. The van der Waals surface area contributed by atoms with E-state index in [1.54, 1.807) is 7.11 Å². The molecule has 6 nitrogen and oxygen atoms in total. The molecule has 0 bridgehead atoms. The first-order chi connectivity index (χ1) is 11.6. The second kappa shape index (κ2) is 7.23. The standard InChI is InChI=1S/C18H25N5O/c1-12(2)15-17-18(16-14(21-15)8-5-9-19-16)23(11-20-17)10-6-7-13(3)22-24-4/h5,8-9,11-13,22H,6-7,10H2,1-4H3. The van der Waals surface area contributed by atoms with Crippen molar-refractivity contribution in [3.8, 4) is 0 Å². The Morgan fingerprint density at radius 1 is 1.21 bits per heavy atom. The molecule has 24 heavy (non-hydrogen) atoms. The van der Waals surface area contributed by atoms with Crippen LogP contribution < -0.4 is 5.48 Å². The number of pyridine rings is 2. The van der Waals surface area contributed by atoms with Crippen molar-refractivity contribution in [1.82, 2.24) is 25.0 Å². The summed E-state index contributed by atoms with van der Waals surface area (Å²) in [5, 5.41) is 0. The molecule has 0 amide bonds. The molecule has 6 heteroatoms. The van der Waals surface area contributed by atoms with E-state index >= 15 is 0 Å². The molecule has 1 atom stereocenters. The first-order valence-electron chi connectivity index (χ1n) is 8.49. The number of hydrogen-bond acceptors (Lipinski definition) is 5. The van der Waals surface area contributed by atoms with E-state index in [-0.39, 0.29) is 0 Å². The van der Waals surface area contributed by atoms with Crippen molar-refractivity contribution < 1.29 is 4.84 Å². The van der Waals surface area contributed by atoms with E-state index < -0.39 is 0 Å². The molecule has 3 aromatic rings. The number of imidazole rings is 1. The van der Waals surface area contributed by atoms with E-state index in [0.717, 1.165) is 47.1 Å². The van der Waals surface area contributed by atoms with Gasteiger partial charge in [0, 0.05) is 18.8 Å². The molecule has 0 aliphatic carbocycles. The largest absolute Gasteiger partial charge is 0.329 e. The quantitative estimate of drug-likeness (QED) is 0.674. The fourth-order valence-electron chi connectivity index (χ4n) is 3.07. The highest BCUT2D eigenvalue weighted by atomic mass is 16.6. The predicted octanol–water partition coefficient (Wildman–Crippen LogP) is 3.42. The van der Waals surface area contributed by atoms with Gasteiger partial charge in [0.25, 0.3) is 0 Å². The maximum absolute atomic E-state index is 4.97. The molecular formula is C18H25N5O. The molecule has 3 heterocycles. The molecule has 0 fully saturated rings. The molecule has 128 valence electrons. The highest BCUT2D eigenvalue weighted by Crippen LogP contribution is 2.28. The van der Waals surface area contributed by atoms with Crippen molar-refractivity contribution in [1.29, 1.82) is 0 Å². The first-order valence-corrected chi connectivity index (χ1v) is 8.49. The van der Waals surface area contributed by atoms with Gasteiger partial charge in [0.05, 0.1) is 30.2 Å². The fourth-order valence-corrected chi connectivity index (χ4v) is 3.07. The van der Waals surface area contributed by atoms with E-state index in [1.165, 1.54) is 0 Å². The Kier molecular flexibility index (Phi) is 5.06. The second-order valence-electron chi connectivity index (χ2n) is 6.52. The van der Waals surface area contributed by atoms with Gasteiger partial charge in [-0.1, -0.05) is 13.8 Å². The van der Waals surface area contributed by atoms with Crippen LogP contribution in [-0.2, 0) is 11.4 Å². The zero-order chi connectivity index (χ0) is 17.1. The number of aromatic nitrogens is 4. The summed E-state index contributed by atoms with van der Waals surface area (Å²) in [5.41, 5.74) is 7.94. The Hall–Kier alpha value is -2.05. The molecule has 0 spiro atoms. The molecule has 3 aromatic heterocycles. The lowest BCUT2D eigenvalue weighted by Gasteiger charge is -2.13. The van der Waals surface area contributed by atoms with Crippen molar-refractivity contribution in [3.63, 3.8) is 0 Å². The number of aryl methyl sites for hydroxylation is 1. The van der Waals surface area contributed by atoms with Gasteiger partial charge in [-0.15, -0.1) is 0 Å². The van der Waals surface area contributed by atoms with Crippen LogP contribution >= 0.6 is 0 Å². The number of fused-ring (bicyclic) bond motifs is 3. The van der Waals surface area contributed by atoms with Crippen molar-refractivity contribution in [3.05, 3.63) is 30.4 Å². The smallest absolute Gasteiger partial charge is 0.115 e. The number of hydrogen-bond donors (Lipinski definition) is 1. The zero-order valence-electron chi connectivity index (χ0n) is 14.8. The van der Waals surface area contributed by atoms with Crippen LogP contribution in [0, 0.1) is 0 Å². The van der Waals surface area contributed by atoms with Crippen LogP contribution in [0.4, 0.5) is 0 Å². The molecule has 3 rings (SSSR count). The van der Waals surface area contributed by atoms with Crippen molar-refractivity contribution in [2.45, 2.75) is 52.1 Å². The summed E-state index contributed by atoms with van der Waals surface area (Å²) in [4.78, 5) is 19.0. The van der Waals surface area contributed by atoms with Gasteiger partial charge >= 0.3 is 0 Å². The maximum Gasteiger partial charge on any atom is 0.115 e. The van der Waals surface area contributed by atoms with Crippen molar-refractivity contribution in [2.75, 3.05) is 7.11 Å². The van der Waals surface area contributed by atoms with Crippen LogP contribution in [0.25, 0.3) is 22.1 Å². The number of nitrogens with one attached hydrogen (secondary N) is 1. The summed E-state index contributed by atoms with van der Waals surface area (Å²) >= 11 is 0. The SMILES string of the molecule is CONC(C)CCCn1cnc2c(C(C)C)nc3cccnc3c21. The molecule has 0 radical (unpaired) electrons. The average molecular weight is 327 g/mol. The van der Waals surface area contributed by atoms with Crippen LogP contribution in [0.1, 0.15) is 45.2 Å². The van der Waals surface area contributed by atoms with Crippen LogP contribution in [0.3, 0.4) is 0 Å². The van der Waals surface area contributed by atoms with Gasteiger partial charge in [-0.25, -0.2) is 15.4 Å². The second-order valence-corrected chi connectivity index (χ2v) is 6.52. The predicted molar refractivity (Wildman–Crippen MR) is 95.8 cm³/mol. The van der Waals surface area contributed by atoms with Gasteiger partial charge in [-0.2, -0.15) is 0 Å². The van der Waals surface area contributed by atoms with E-state index in [0.29, 0.717) is 12.0 Å². The Balaban J connectivity index is 1.97. The third kappa shape index (κ3) is 3.25. The van der Waals surface area contributed by atoms with Crippen molar-refractivity contribution in [2.24, 2.45) is 0 Å². The molecule has 0 aliphatic heterocycles. The van der Waals surface area contributed by atoms with Crippen LogP contribution in [0.15, 0.2) is 24.7 Å². The summed E-state index contributed by atoms with van der Waals surface area (Å²) in [6.45, 7) is 7.33. The minimum atomic E-state index is 0.325. The summed E-state index contributed by atoms with van der Waals surface area (Å²) in [7, 11) is 1.65. The Bertz CT molecular complexity index is 827. The lowest BCUT2D eigenvalue weighted by atomic mass is 10.1. The van der Waals surface area contributed by atoms with Crippen molar-refractivity contribution >= 4 is 22.1 Å². The third-order valence-electron chi connectivity index (χ3n) is 4.23.